The molecule has 0 bridgehead atoms. The summed E-state index contributed by atoms with van der Waals surface area (Å²) < 4.78 is 0. The maximum atomic E-state index is 4.02. The minimum absolute atomic E-state index is 0.149. The molecule has 0 spiro atoms. The van der Waals surface area contributed by atoms with Crippen LogP contribution in [0.5, 0.6) is 0 Å². The van der Waals surface area contributed by atoms with E-state index in [4.69, 9.17) is 0 Å². The molecule has 2 aliphatic heterocycles. The Morgan fingerprint density at radius 2 is 0.933 bits per heavy atom. The number of benzene rings is 8. The molecule has 8 aromatic carbocycles. The second kappa shape index (κ2) is 13.2. The fourth-order valence-corrected chi connectivity index (χ4v) is 10.7. The maximum Gasteiger partial charge on any atom is 0.197 e. The molecule has 1 radical (unpaired) electrons. The molecule has 11 rings (SSSR count). The summed E-state index contributed by atoms with van der Waals surface area (Å²) in [5.74, 6) is 0. The molecule has 0 saturated heterocycles. The quantitative estimate of drug-likeness (QED) is 0.175. The molecule has 60 heavy (non-hydrogen) atoms. The lowest BCUT2D eigenvalue weighted by atomic mass is 9.55. The SMILES string of the molecule is CC1(C)c2ccccc2C(C)(C)c2cc(-c3cc(-c4ccccc4)cc4c3[B]c3cccc5c3N4c3ccccc3C5(C)C)c(Nc3ccc(-c4ccccc4)cc3)cc21. The van der Waals surface area contributed by atoms with E-state index in [9.17, 15) is 0 Å². The molecule has 3 aliphatic rings. The number of para-hydroxylation sites is 2. The van der Waals surface area contributed by atoms with Gasteiger partial charge in [0.05, 0.1) is 5.69 Å². The predicted molar refractivity (Wildman–Crippen MR) is 255 cm³/mol. The van der Waals surface area contributed by atoms with Gasteiger partial charge in [0.25, 0.3) is 0 Å². The predicted octanol–water partition coefficient (Wildman–Crippen LogP) is 13.5. The maximum absolute atomic E-state index is 4.02. The van der Waals surface area contributed by atoms with E-state index in [1.54, 1.807) is 0 Å². The Morgan fingerprint density at radius 3 is 1.60 bits per heavy atom. The van der Waals surface area contributed by atoms with E-state index in [1.807, 2.05) is 0 Å². The lowest BCUT2D eigenvalue weighted by Gasteiger charge is -2.46. The van der Waals surface area contributed by atoms with E-state index < -0.39 is 0 Å². The van der Waals surface area contributed by atoms with E-state index >= 15 is 0 Å². The minimum atomic E-state index is -0.216. The van der Waals surface area contributed by atoms with Crippen molar-refractivity contribution < 1.29 is 0 Å². The molecule has 0 atom stereocenters. The summed E-state index contributed by atoms with van der Waals surface area (Å²) in [6, 6.07) is 65.3. The zero-order chi connectivity index (χ0) is 41.0. The number of hydrogen-bond donors (Lipinski definition) is 1. The molecule has 1 aliphatic carbocycles. The molecular weight excluding hydrogens is 723 g/mol. The molecule has 2 heterocycles. The van der Waals surface area contributed by atoms with Crippen LogP contribution in [0.4, 0.5) is 28.4 Å². The van der Waals surface area contributed by atoms with Crippen molar-refractivity contribution in [2.45, 2.75) is 57.8 Å². The third-order valence-electron chi connectivity index (χ3n) is 13.9. The lowest BCUT2D eigenvalue weighted by Crippen LogP contribution is -2.45. The van der Waals surface area contributed by atoms with Crippen LogP contribution in [0.15, 0.2) is 176 Å². The molecule has 0 aromatic heterocycles. The molecule has 3 heteroatoms. The Hall–Kier alpha value is -6.58. The van der Waals surface area contributed by atoms with Gasteiger partial charge < -0.3 is 10.2 Å². The number of anilines is 5. The molecule has 8 aromatic rings. The van der Waals surface area contributed by atoms with Gasteiger partial charge in [-0.05, 0) is 109 Å². The van der Waals surface area contributed by atoms with Crippen molar-refractivity contribution >= 4 is 46.6 Å². The zero-order valence-corrected chi connectivity index (χ0v) is 35.3. The Bertz CT molecular complexity index is 2990. The largest absolute Gasteiger partial charge is 0.355 e. The van der Waals surface area contributed by atoms with E-state index in [0.29, 0.717) is 0 Å². The van der Waals surface area contributed by atoms with Crippen LogP contribution >= 0.6 is 0 Å². The average Bonchev–Trinajstić information content (AvgIpc) is 3.27. The Labute approximate surface area is 355 Å². The molecular formula is C57H48BN2. The van der Waals surface area contributed by atoms with Crippen LogP contribution in [0.3, 0.4) is 0 Å². The molecule has 0 amide bonds. The summed E-state index contributed by atoms with van der Waals surface area (Å²) in [4.78, 5) is 2.56. The first-order chi connectivity index (χ1) is 29.0. The topological polar surface area (TPSA) is 15.3 Å². The molecule has 0 saturated carbocycles. The van der Waals surface area contributed by atoms with Crippen LogP contribution in [-0.2, 0) is 16.2 Å². The monoisotopic (exact) mass is 771 g/mol. The summed E-state index contributed by atoms with van der Waals surface area (Å²) in [6.07, 6.45) is 0. The van der Waals surface area contributed by atoms with Crippen molar-refractivity contribution in [1.29, 1.82) is 0 Å². The van der Waals surface area contributed by atoms with Gasteiger partial charge in [0.2, 0.25) is 0 Å². The Balaban J connectivity index is 1.19. The lowest BCUT2D eigenvalue weighted by molar-refractivity contribution is 0.521. The summed E-state index contributed by atoms with van der Waals surface area (Å²) in [6.45, 7) is 14.4. The van der Waals surface area contributed by atoms with Crippen molar-refractivity contribution in [2.75, 3.05) is 10.2 Å². The van der Waals surface area contributed by atoms with Gasteiger partial charge in [-0.1, -0.05) is 180 Å². The number of hydrogen-bond acceptors (Lipinski definition) is 2. The number of fused-ring (bicyclic) bond motifs is 6. The van der Waals surface area contributed by atoms with Gasteiger partial charge in [-0.3, -0.25) is 0 Å². The van der Waals surface area contributed by atoms with E-state index in [0.717, 1.165) is 11.4 Å². The van der Waals surface area contributed by atoms with Gasteiger partial charge in [0, 0.05) is 44.6 Å². The van der Waals surface area contributed by atoms with Gasteiger partial charge >= 0.3 is 0 Å². The Morgan fingerprint density at radius 1 is 0.400 bits per heavy atom. The third-order valence-corrected chi connectivity index (χ3v) is 13.9. The van der Waals surface area contributed by atoms with Crippen molar-refractivity contribution in [3.63, 3.8) is 0 Å². The highest BCUT2D eigenvalue weighted by molar-refractivity contribution is 6.73. The van der Waals surface area contributed by atoms with Gasteiger partial charge in [-0.15, -0.1) is 0 Å². The third kappa shape index (κ3) is 5.41. The van der Waals surface area contributed by atoms with Gasteiger partial charge in [0.1, 0.15) is 0 Å². The fourth-order valence-electron chi connectivity index (χ4n) is 10.7. The van der Waals surface area contributed by atoms with Gasteiger partial charge in [-0.25, -0.2) is 0 Å². The van der Waals surface area contributed by atoms with Crippen LogP contribution in [0.2, 0.25) is 0 Å². The first kappa shape index (κ1) is 36.5. The van der Waals surface area contributed by atoms with Crippen LogP contribution in [0.1, 0.15) is 74.9 Å². The standard InChI is InChI=1S/C57H48BN2/c1-55(2)43-22-13-14-23-44(43)56(3,4)48-35-50(59-40-30-28-38(29-31-40)36-18-9-7-10-19-36)41(34-47(48)55)42-32-39(37-20-11-8-12-21-37)33-52-53(42)58-49-26-17-25-46-54(49)60(52)51-27-16-15-24-45(51)57(46,5)6/h7-35,59H,1-6H3. The van der Waals surface area contributed by atoms with Gasteiger partial charge in [-0.2, -0.15) is 0 Å². The van der Waals surface area contributed by atoms with Crippen LogP contribution in [-0.4, -0.2) is 7.28 Å². The van der Waals surface area contributed by atoms with Crippen LogP contribution < -0.4 is 21.1 Å². The normalized spacial score (nSPS) is 15.7. The highest BCUT2D eigenvalue weighted by Gasteiger charge is 2.44. The van der Waals surface area contributed by atoms with Crippen LogP contribution in [0, 0.1) is 0 Å². The van der Waals surface area contributed by atoms with Crippen LogP contribution in [0.25, 0.3) is 33.4 Å². The van der Waals surface area contributed by atoms with E-state index in [-0.39, 0.29) is 16.2 Å². The van der Waals surface area contributed by atoms with Crippen molar-refractivity contribution in [2.24, 2.45) is 0 Å². The summed E-state index contributed by atoms with van der Waals surface area (Å²) in [5.41, 5.74) is 23.2. The Kier molecular flexibility index (Phi) is 8.04. The summed E-state index contributed by atoms with van der Waals surface area (Å²) in [5, 5.41) is 4.02. The van der Waals surface area contributed by atoms with E-state index in [2.05, 4.69) is 235 Å². The highest BCUT2D eigenvalue weighted by atomic mass is 15.2. The molecule has 0 fully saturated rings. The summed E-state index contributed by atoms with van der Waals surface area (Å²) in [7, 11) is 2.46. The van der Waals surface area contributed by atoms with E-state index in [1.165, 1.54) is 94.7 Å². The van der Waals surface area contributed by atoms with Crippen molar-refractivity contribution in [1.82, 2.24) is 0 Å². The molecule has 1 N–H and O–H groups in total. The van der Waals surface area contributed by atoms with Gasteiger partial charge in [0.15, 0.2) is 7.28 Å². The number of rotatable bonds is 5. The molecule has 0 unspecified atom stereocenters. The average molecular weight is 772 g/mol. The first-order valence-corrected chi connectivity index (χ1v) is 21.3. The highest BCUT2D eigenvalue weighted by Crippen LogP contribution is 2.55. The van der Waals surface area contributed by atoms with Crippen molar-refractivity contribution in [3.8, 4) is 33.4 Å². The van der Waals surface area contributed by atoms with Crippen molar-refractivity contribution in [3.05, 3.63) is 209 Å². The molecule has 289 valence electrons. The second-order valence-corrected chi connectivity index (χ2v) is 18.5. The zero-order valence-electron chi connectivity index (χ0n) is 35.3. The fraction of sp³-hybridized carbons (Fsp3) is 0.158. The number of nitrogens with zero attached hydrogens (tertiary/aromatic N) is 1. The minimum Gasteiger partial charge on any atom is -0.355 e. The summed E-state index contributed by atoms with van der Waals surface area (Å²) >= 11 is 0. The second-order valence-electron chi connectivity index (χ2n) is 18.5. The smallest absolute Gasteiger partial charge is 0.197 e. The first-order valence-electron chi connectivity index (χ1n) is 21.3. The molecule has 2 nitrogen and oxygen atoms in total. The number of nitrogens with one attached hydrogen (secondary N) is 1.